The molecule has 0 aliphatic rings. The SMILES string of the molecule is CC(C)(C)OC(=O)CNCc1ccc(O)c(Br)c1. The van der Waals surface area contributed by atoms with Crippen LogP contribution in [-0.4, -0.2) is 23.2 Å². The highest BCUT2D eigenvalue weighted by Crippen LogP contribution is 2.24. The van der Waals surface area contributed by atoms with Gasteiger partial charge in [0.2, 0.25) is 0 Å². The van der Waals surface area contributed by atoms with Crippen molar-refractivity contribution in [2.24, 2.45) is 0 Å². The summed E-state index contributed by atoms with van der Waals surface area (Å²) in [5, 5.41) is 12.3. The van der Waals surface area contributed by atoms with Crippen molar-refractivity contribution in [2.45, 2.75) is 32.9 Å². The Labute approximate surface area is 115 Å². The van der Waals surface area contributed by atoms with Crippen molar-refractivity contribution >= 4 is 21.9 Å². The largest absolute Gasteiger partial charge is 0.507 e. The molecule has 4 nitrogen and oxygen atoms in total. The van der Waals surface area contributed by atoms with Gasteiger partial charge in [0.15, 0.2) is 0 Å². The molecule has 0 atom stereocenters. The Balaban J connectivity index is 2.38. The van der Waals surface area contributed by atoms with Gasteiger partial charge in [-0.25, -0.2) is 0 Å². The molecule has 1 rings (SSSR count). The third kappa shape index (κ3) is 5.51. The van der Waals surface area contributed by atoms with Crippen LogP contribution in [0.5, 0.6) is 5.75 Å². The summed E-state index contributed by atoms with van der Waals surface area (Å²) < 4.78 is 5.81. The molecule has 0 heterocycles. The fourth-order valence-electron chi connectivity index (χ4n) is 1.35. The zero-order valence-electron chi connectivity index (χ0n) is 10.8. The average Bonchev–Trinajstić information content (AvgIpc) is 2.20. The van der Waals surface area contributed by atoms with E-state index in [1.54, 1.807) is 18.2 Å². The number of nitrogens with one attached hydrogen (secondary N) is 1. The van der Waals surface area contributed by atoms with E-state index in [1.165, 1.54) is 0 Å². The second-order valence-corrected chi connectivity index (χ2v) is 5.83. The minimum absolute atomic E-state index is 0.162. The maximum absolute atomic E-state index is 11.4. The van der Waals surface area contributed by atoms with E-state index in [0.717, 1.165) is 5.56 Å². The van der Waals surface area contributed by atoms with Crippen LogP contribution in [0.3, 0.4) is 0 Å². The van der Waals surface area contributed by atoms with Gasteiger partial charge in [-0.1, -0.05) is 6.07 Å². The summed E-state index contributed by atoms with van der Waals surface area (Å²) in [5.41, 5.74) is 0.517. The zero-order chi connectivity index (χ0) is 13.8. The van der Waals surface area contributed by atoms with Crippen LogP contribution in [0.25, 0.3) is 0 Å². The topological polar surface area (TPSA) is 58.6 Å². The van der Waals surface area contributed by atoms with Gasteiger partial charge in [-0.2, -0.15) is 0 Å². The molecule has 0 aromatic heterocycles. The van der Waals surface area contributed by atoms with E-state index in [-0.39, 0.29) is 18.3 Å². The van der Waals surface area contributed by atoms with Crippen molar-refractivity contribution in [3.05, 3.63) is 28.2 Å². The number of esters is 1. The molecule has 0 saturated heterocycles. The first-order chi connectivity index (χ1) is 8.28. The molecule has 1 aromatic rings. The van der Waals surface area contributed by atoms with E-state index in [1.807, 2.05) is 20.8 Å². The lowest BCUT2D eigenvalue weighted by molar-refractivity contribution is -0.153. The summed E-state index contributed by atoms with van der Waals surface area (Å²) >= 11 is 3.24. The standard InChI is InChI=1S/C13H18BrNO3/c1-13(2,3)18-12(17)8-15-7-9-4-5-11(16)10(14)6-9/h4-6,15-16H,7-8H2,1-3H3. The van der Waals surface area contributed by atoms with Gasteiger partial charge in [0.05, 0.1) is 11.0 Å². The number of phenolic OH excluding ortho intramolecular Hbond substituents is 1. The molecule has 0 amide bonds. The molecule has 0 radical (unpaired) electrons. The number of carbonyl (C=O) groups is 1. The first-order valence-electron chi connectivity index (χ1n) is 5.68. The fraction of sp³-hybridized carbons (Fsp3) is 0.462. The van der Waals surface area contributed by atoms with Gasteiger partial charge in [-0.3, -0.25) is 4.79 Å². The van der Waals surface area contributed by atoms with Crippen molar-refractivity contribution in [1.82, 2.24) is 5.32 Å². The number of ether oxygens (including phenoxy) is 1. The number of rotatable bonds is 4. The molecular weight excluding hydrogens is 298 g/mol. The quantitative estimate of drug-likeness (QED) is 0.838. The Morgan fingerprint density at radius 2 is 2.11 bits per heavy atom. The molecule has 0 aliphatic carbocycles. The molecule has 0 fully saturated rings. The molecule has 0 spiro atoms. The van der Waals surface area contributed by atoms with Crippen LogP contribution in [0.15, 0.2) is 22.7 Å². The number of phenols is 1. The summed E-state index contributed by atoms with van der Waals surface area (Å²) in [6.07, 6.45) is 0. The first-order valence-corrected chi connectivity index (χ1v) is 6.47. The van der Waals surface area contributed by atoms with E-state index in [2.05, 4.69) is 21.2 Å². The predicted octanol–water partition coefficient (Wildman–Crippen LogP) is 2.59. The summed E-state index contributed by atoms with van der Waals surface area (Å²) in [7, 11) is 0. The van der Waals surface area contributed by atoms with Gasteiger partial charge >= 0.3 is 5.97 Å². The molecule has 1 aromatic carbocycles. The van der Waals surface area contributed by atoms with E-state index in [0.29, 0.717) is 11.0 Å². The second kappa shape index (κ2) is 6.20. The lowest BCUT2D eigenvalue weighted by atomic mass is 10.2. The average molecular weight is 316 g/mol. The highest BCUT2D eigenvalue weighted by atomic mass is 79.9. The minimum atomic E-state index is -0.458. The van der Waals surface area contributed by atoms with Crippen LogP contribution in [0, 0.1) is 0 Å². The van der Waals surface area contributed by atoms with E-state index in [9.17, 15) is 9.90 Å². The molecule has 0 aliphatic heterocycles. The van der Waals surface area contributed by atoms with Crippen LogP contribution in [0.2, 0.25) is 0 Å². The third-order valence-corrected chi connectivity index (χ3v) is 2.67. The van der Waals surface area contributed by atoms with Gasteiger partial charge in [0.25, 0.3) is 0 Å². The number of hydrogen-bond acceptors (Lipinski definition) is 4. The lowest BCUT2D eigenvalue weighted by Crippen LogP contribution is -2.31. The summed E-state index contributed by atoms with van der Waals surface area (Å²) in [6, 6.07) is 5.20. The minimum Gasteiger partial charge on any atom is -0.507 e. The van der Waals surface area contributed by atoms with Gasteiger partial charge in [0.1, 0.15) is 11.4 Å². The molecule has 2 N–H and O–H groups in total. The van der Waals surface area contributed by atoms with Crippen molar-refractivity contribution in [1.29, 1.82) is 0 Å². The molecule has 0 saturated carbocycles. The maximum atomic E-state index is 11.4. The van der Waals surface area contributed by atoms with Crippen LogP contribution in [0.4, 0.5) is 0 Å². The number of halogens is 1. The van der Waals surface area contributed by atoms with Crippen molar-refractivity contribution in [3.63, 3.8) is 0 Å². The molecule has 100 valence electrons. The Kier molecular flexibility index (Phi) is 5.16. The van der Waals surface area contributed by atoms with Gasteiger partial charge in [0, 0.05) is 6.54 Å². The van der Waals surface area contributed by atoms with Crippen LogP contribution in [0.1, 0.15) is 26.3 Å². The molecule has 5 heteroatoms. The summed E-state index contributed by atoms with van der Waals surface area (Å²) in [5.74, 6) is -0.0776. The van der Waals surface area contributed by atoms with Crippen molar-refractivity contribution in [3.8, 4) is 5.75 Å². The Morgan fingerprint density at radius 3 is 2.67 bits per heavy atom. The van der Waals surface area contributed by atoms with E-state index in [4.69, 9.17) is 4.74 Å². The van der Waals surface area contributed by atoms with Crippen LogP contribution < -0.4 is 5.32 Å². The van der Waals surface area contributed by atoms with E-state index < -0.39 is 5.60 Å². The fourth-order valence-corrected chi connectivity index (χ4v) is 1.77. The maximum Gasteiger partial charge on any atom is 0.320 e. The second-order valence-electron chi connectivity index (χ2n) is 4.98. The Hall–Kier alpha value is -1.07. The van der Waals surface area contributed by atoms with Gasteiger partial charge < -0.3 is 15.2 Å². The predicted molar refractivity (Wildman–Crippen MR) is 73.4 cm³/mol. The number of hydrogen-bond donors (Lipinski definition) is 2. The zero-order valence-corrected chi connectivity index (χ0v) is 12.4. The number of aromatic hydroxyl groups is 1. The van der Waals surface area contributed by atoms with Gasteiger partial charge in [-0.15, -0.1) is 0 Å². The molecule has 0 bridgehead atoms. The van der Waals surface area contributed by atoms with Crippen LogP contribution in [-0.2, 0) is 16.1 Å². The Morgan fingerprint density at radius 1 is 1.44 bits per heavy atom. The molecule has 18 heavy (non-hydrogen) atoms. The smallest absolute Gasteiger partial charge is 0.320 e. The van der Waals surface area contributed by atoms with Crippen LogP contribution >= 0.6 is 15.9 Å². The monoisotopic (exact) mass is 315 g/mol. The molecule has 0 unspecified atom stereocenters. The summed E-state index contributed by atoms with van der Waals surface area (Å²) in [4.78, 5) is 11.4. The molecular formula is C13H18BrNO3. The third-order valence-electron chi connectivity index (χ3n) is 2.03. The van der Waals surface area contributed by atoms with Crippen molar-refractivity contribution < 1.29 is 14.6 Å². The van der Waals surface area contributed by atoms with Crippen molar-refractivity contribution in [2.75, 3.05) is 6.54 Å². The first kappa shape index (κ1) is 15.0. The summed E-state index contributed by atoms with van der Waals surface area (Å²) in [6.45, 7) is 6.21. The lowest BCUT2D eigenvalue weighted by Gasteiger charge is -2.19. The van der Waals surface area contributed by atoms with E-state index >= 15 is 0 Å². The normalized spacial score (nSPS) is 11.3. The Bertz CT molecular complexity index is 427. The highest BCUT2D eigenvalue weighted by Gasteiger charge is 2.15. The number of carbonyl (C=O) groups excluding carboxylic acids is 1. The highest BCUT2D eigenvalue weighted by molar-refractivity contribution is 9.10. The van der Waals surface area contributed by atoms with Gasteiger partial charge in [-0.05, 0) is 54.4 Å². The number of benzene rings is 1.